The first kappa shape index (κ1) is 14.2. The van der Waals surface area contributed by atoms with Gasteiger partial charge in [-0.2, -0.15) is 13.2 Å². The molecule has 98 valence electrons. The number of hydrogen-bond donors (Lipinski definition) is 0. The number of rotatable bonds is 4. The molecule has 6 heteroatoms. The van der Waals surface area contributed by atoms with Crippen LogP contribution in [0.4, 0.5) is 13.2 Å². The van der Waals surface area contributed by atoms with Gasteiger partial charge < -0.3 is 4.74 Å². The Morgan fingerprint density at radius 3 is 2.22 bits per heavy atom. The van der Waals surface area contributed by atoms with Gasteiger partial charge in [-0.25, -0.2) is 0 Å². The van der Waals surface area contributed by atoms with Crippen molar-refractivity contribution in [2.24, 2.45) is 5.92 Å². The highest BCUT2D eigenvalue weighted by Crippen LogP contribution is 2.30. The van der Waals surface area contributed by atoms with E-state index in [4.69, 9.17) is 0 Å². The van der Waals surface area contributed by atoms with E-state index in [1.54, 1.807) is 6.07 Å². The Labute approximate surface area is 102 Å². The van der Waals surface area contributed by atoms with Crippen molar-refractivity contribution in [2.45, 2.75) is 13.1 Å². The number of Topliss-reactive ketones (excluding diaryl/α,β-unsaturated/α-hetero) is 1. The van der Waals surface area contributed by atoms with Gasteiger partial charge in [0.2, 0.25) is 5.92 Å². The van der Waals surface area contributed by atoms with E-state index in [1.165, 1.54) is 31.2 Å². The number of esters is 1. The molecule has 0 amide bonds. The maximum atomic E-state index is 12.7. The van der Waals surface area contributed by atoms with Gasteiger partial charge in [0.05, 0.1) is 6.61 Å². The molecular formula is C12H11F3O3. The van der Waals surface area contributed by atoms with Crippen LogP contribution in [0.1, 0.15) is 17.3 Å². The highest BCUT2D eigenvalue weighted by atomic mass is 19.4. The average molecular weight is 260 g/mol. The van der Waals surface area contributed by atoms with Crippen LogP contribution in [0.25, 0.3) is 0 Å². The summed E-state index contributed by atoms with van der Waals surface area (Å²) < 4.78 is 42.4. The normalized spacial score (nSPS) is 12.9. The van der Waals surface area contributed by atoms with Crippen LogP contribution >= 0.6 is 0 Å². The molecule has 18 heavy (non-hydrogen) atoms. The zero-order valence-corrected chi connectivity index (χ0v) is 9.53. The number of carbonyl (C=O) groups is 2. The third-order valence-corrected chi connectivity index (χ3v) is 2.17. The minimum atomic E-state index is -4.96. The molecule has 0 aliphatic heterocycles. The van der Waals surface area contributed by atoms with Crippen molar-refractivity contribution in [3.63, 3.8) is 0 Å². The van der Waals surface area contributed by atoms with Crippen LogP contribution in [0.2, 0.25) is 0 Å². The van der Waals surface area contributed by atoms with Crippen molar-refractivity contribution in [1.82, 2.24) is 0 Å². The van der Waals surface area contributed by atoms with Crippen molar-refractivity contribution in [2.75, 3.05) is 6.61 Å². The fourth-order valence-corrected chi connectivity index (χ4v) is 1.38. The second-order valence-corrected chi connectivity index (χ2v) is 3.46. The number of alkyl halides is 3. The van der Waals surface area contributed by atoms with Gasteiger partial charge in [-0.15, -0.1) is 0 Å². The summed E-state index contributed by atoms with van der Waals surface area (Å²) in [5.74, 6) is -5.64. The molecule has 0 N–H and O–H groups in total. The Morgan fingerprint density at radius 1 is 1.22 bits per heavy atom. The van der Waals surface area contributed by atoms with Gasteiger partial charge in [0.25, 0.3) is 0 Å². The standard InChI is InChI=1S/C12H11F3O3/c1-2-18-11(17)9(12(13,14)15)10(16)8-6-4-3-5-7-8/h3-7,9H,2H2,1H3/t9-/m0/s1. The molecule has 0 aromatic heterocycles. The summed E-state index contributed by atoms with van der Waals surface area (Å²) in [6.07, 6.45) is -4.96. The van der Waals surface area contributed by atoms with E-state index in [0.29, 0.717) is 0 Å². The molecule has 0 fully saturated rings. The largest absolute Gasteiger partial charge is 0.465 e. The average Bonchev–Trinajstić information content (AvgIpc) is 2.28. The first-order chi connectivity index (χ1) is 8.38. The Hall–Kier alpha value is -1.85. The highest BCUT2D eigenvalue weighted by Gasteiger charge is 2.51. The van der Waals surface area contributed by atoms with Gasteiger partial charge in [0.1, 0.15) is 0 Å². The van der Waals surface area contributed by atoms with E-state index in [1.807, 2.05) is 0 Å². The SMILES string of the molecule is CCOC(=O)[C@H](C(=O)c1ccccc1)C(F)(F)F. The smallest absolute Gasteiger partial charge is 0.409 e. The number of hydrogen-bond acceptors (Lipinski definition) is 3. The molecule has 0 bridgehead atoms. The van der Waals surface area contributed by atoms with Crippen LogP contribution in [-0.4, -0.2) is 24.5 Å². The van der Waals surface area contributed by atoms with Crippen LogP contribution in [0.5, 0.6) is 0 Å². The summed E-state index contributed by atoms with van der Waals surface area (Å²) in [5.41, 5.74) is -0.173. The maximum absolute atomic E-state index is 12.7. The molecule has 0 spiro atoms. The van der Waals surface area contributed by atoms with Gasteiger partial charge in [0.15, 0.2) is 5.78 Å². The van der Waals surface area contributed by atoms with E-state index in [-0.39, 0.29) is 12.2 Å². The van der Waals surface area contributed by atoms with Gasteiger partial charge in [-0.3, -0.25) is 9.59 Å². The molecule has 3 nitrogen and oxygen atoms in total. The van der Waals surface area contributed by atoms with E-state index >= 15 is 0 Å². The zero-order chi connectivity index (χ0) is 13.8. The van der Waals surface area contributed by atoms with E-state index in [2.05, 4.69) is 4.74 Å². The third kappa shape index (κ3) is 3.32. The van der Waals surface area contributed by atoms with E-state index in [0.717, 1.165) is 0 Å². The predicted molar refractivity (Wildman–Crippen MR) is 57.0 cm³/mol. The second-order valence-electron chi connectivity index (χ2n) is 3.46. The van der Waals surface area contributed by atoms with Gasteiger partial charge in [-0.1, -0.05) is 30.3 Å². The Balaban J connectivity index is 3.05. The summed E-state index contributed by atoms with van der Waals surface area (Å²) >= 11 is 0. The Bertz CT molecular complexity index is 426. The molecule has 1 aromatic carbocycles. The Morgan fingerprint density at radius 2 is 1.78 bits per heavy atom. The Kier molecular flexibility index (Phi) is 4.47. The van der Waals surface area contributed by atoms with Crippen molar-refractivity contribution < 1.29 is 27.5 Å². The molecular weight excluding hydrogens is 249 g/mol. The first-order valence-corrected chi connectivity index (χ1v) is 5.20. The summed E-state index contributed by atoms with van der Waals surface area (Å²) in [7, 11) is 0. The summed E-state index contributed by atoms with van der Waals surface area (Å²) in [5, 5.41) is 0. The van der Waals surface area contributed by atoms with Crippen LogP contribution in [0.15, 0.2) is 30.3 Å². The highest BCUT2D eigenvalue weighted by molar-refractivity contribution is 6.09. The summed E-state index contributed by atoms with van der Waals surface area (Å²) in [4.78, 5) is 22.9. The molecule has 0 saturated carbocycles. The quantitative estimate of drug-likeness (QED) is 0.475. The van der Waals surface area contributed by atoms with Crippen LogP contribution < -0.4 is 0 Å². The maximum Gasteiger partial charge on any atom is 0.409 e. The summed E-state index contributed by atoms with van der Waals surface area (Å²) in [6, 6.07) is 6.85. The van der Waals surface area contributed by atoms with E-state index in [9.17, 15) is 22.8 Å². The molecule has 0 aliphatic rings. The van der Waals surface area contributed by atoms with Gasteiger partial charge in [0, 0.05) is 5.56 Å². The molecule has 0 unspecified atom stereocenters. The number of halogens is 3. The first-order valence-electron chi connectivity index (χ1n) is 5.20. The third-order valence-electron chi connectivity index (χ3n) is 2.17. The fourth-order valence-electron chi connectivity index (χ4n) is 1.38. The predicted octanol–water partition coefficient (Wildman–Crippen LogP) is 2.61. The lowest BCUT2D eigenvalue weighted by atomic mass is 9.97. The number of ketones is 1. The zero-order valence-electron chi connectivity index (χ0n) is 9.53. The fraction of sp³-hybridized carbons (Fsp3) is 0.333. The van der Waals surface area contributed by atoms with Gasteiger partial charge in [-0.05, 0) is 6.92 Å². The van der Waals surface area contributed by atoms with Crippen molar-refractivity contribution in [1.29, 1.82) is 0 Å². The number of ether oxygens (including phenoxy) is 1. The minimum absolute atomic E-state index is 0.173. The second kappa shape index (κ2) is 5.66. The molecule has 1 aromatic rings. The van der Waals surface area contributed by atoms with Gasteiger partial charge >= 0.3 is 12.1 Å². The lowest BCUT2D eigenvalue weighted by Gasteiger charge is -2.17. The number of carbonyl (C=O) groups excluding carboxylic acids is 2. The lowest BCUT2D eigenvalue weighted by Crippen LogP contribution is -2.38. The molecule has 1 atom stereocenters. The monoisotopic (exact) mass is 260 g/mol. The van der Waals surface area contributed by atoms with Crippen LogP contribution in [0.3, 0.4) is 0 Å². The van der Waals surface area contributed by atoms with Crippen LogP contribution in [-0.2, 0) is 9.53 Å². The number of benzene rings is 1. The lowest BCUT2D eigenvalue weighted by molar-refractivity contribution is -0.187. The van der Waals surface area contributed by atoms with Crippen molar-refractivity contribution in [3.05, 3.63) is 35.9 Å². The van der Waals surface area contributed by atoms with Crippen molar-refractivity contribution >= 4 is 11.8 Å². The molecule has 1 rings (SSSR count). The topological polar surface area (TPSA) is 43.4 Å². The molecule has 0 aliphatic carbocycles. The van der Waals surface area contributed by atoms with Crippen LogP contribution in [0, 0.1) is 5.92 Å². The molecule has 0 saturated heterocycles. The minimum Gasteiger partial charge on any atom is -0.465 e. The molecule has 0 radical (unpaired) electrons. The van der Waals surface area contributed by atoms with Crippen molar-refractivity contribution in [3.8, 4) is 0 Å². The summed E-state index contributed by atoms with van der Waals surface area (Å²) in [6.45, 7) is 1.16. The van der Waals surface area contributed by atoms with E-state index < -0.39 is 23.8 Å². The molecule has 0 heterocycles.